The average Bonchev–Trinajstić information content (AvgIpc) is 2.30. The Labute approximate surface area is 86.7 Å². The molecule has 0 saturated heterocycles. The highest BCUT2D eigenvalue weighted by molar-refractivity contribution is 5.36. The van der Waals surface area contributed by atoms with Crippen molar-refractivity contribution in [3.63, 3.8) is 0 Å². The largest absolute Gasteiger partial charge is 0.501 e. The fraction of sp³-hybridized carbons (Fsp3) is 0.385. The number of hydrogen-bond acceptors (Lipinski definition) is 1. The van der Waals surface area contributed by atoms with Gasteiger partial charge in [0.15, 0.2) is 0 Å². The van der Waals surface area contributed by atoms with Gasteiger partial charge in [-0.15, -0.1) is 0 Å². The second-order valence-electron chi connectivity index (χ2n) is 2.64. The molecule has 1 aromatic carbocycles. The van der Waals surface area contributed by atoms with Crippen LogP contribution in [0.25, 0.3) is 11.8 Å². The van der Waals surface area contributed by atoms with Gasteiger partial charge in [-0.3, -0.25) is 0 Å². The lowest BCUT2D eigenvalue weighted by Gasteiger charge is -1.98. The van der Waals surface area contributed by atoms with Crippen molar-refractivity contribution in [1.82, 2.24) is 0 Å². The minimum atomic E-state index is 0.962. The maximum absolute atomic E-state index is 5.18. The van der Waals surface area contributed by atoms with Crippen molar-refractivity contribution in [3.05, 3.63) is 34.7 Å². The van der Waals surface area contributed by atoms with Crippen LogP contribution in [-0.2, 0) is 4.74 Å². The third-order valence-corrected chi connectivity index (χ3v) is 1.96. The topological polar surface area (TPSA) is 9.23 Å². The quantitative estimate of drug-likeness (QED) is 0.663. The zero-order valence-electron chi connectivity index (χ0n) is 9.79. The normalized spacial score (nSPS) is 12.8. The molecule has 0 heterocycles. The van der Waals surface area contributed by atoms with E-state index in [9.17, 15) is 0 Å². The average molecular weight is 192 g/mol. The van der Waals surface area contributed by atoms with Crippen LogP contribution in [0.15, 0.2) is 24.3 Å². The van der Waals surface area contributed by atoms with Gasteiger partial charge in [-0.2, -0.15) is 0 Å². The molecule has 1 aromatic rings. The standard InChI is InChI=1S/C11H14O.C2H6/c1-4-10-7-5-6-8-11(10)9(2)12-3;1-2/h4-8H,1-3H3;1-2H3/b10-4-,11-9+;. The summed E-state index contributed by atoms with van der Waals surface area (Å²) in [5.74, 6) is 0.962. The molecule has 14 heavy (non-hydrogen) atoms. The summed E-state index contributed by atoms with van der Waals surface area (Å²) < 4.78 is 5.18. The highest BCUT2D eigenvalue weighted by atomic mass is 16.5. The summed E-state index contributed by atoms with van der Waals surface area (Å²) in [6.45, 7) is 8.00. The Morgan fingerprint density at radius 3 is 2.29 bits per heavy atom. The van der Waals surface area contributed by atoms with Crippen LogP contribution in [0, 0.1) is 0 Å². The van der Waals surface area contributed by atoms with Crippen molar-refractivity contribution in [2.45, 2.75) is 27.7 Å². The molecule has 0 aliphatic rings. The first-order valence-corrected chi connectivity index (χ1v) is 5.06. The maximum Gasteiger partial charge on any atom is 0.100 e. The molecule has 0 bridgehead atoms. The van der Waals surface area contributed by atoms with Gasteiger partial charge in [0.05, 0.1) is 7.11 Å². The van der Waals surface area contributed by atoms with Crippen molar-refractivity contribution in [1.29, 1.82) is 0 Å². The first-order valence-electron chi connectivity index (χ1n) is 5.06. The van der Waals surface area contributed by atoms with E-state index in [-0.39, 0.29) is 0 Å². The predicted molar refractivity (Wildman–Crippen MR) is 63.3 cm³/mol. The Morgan fingerprint density at radius 2 is 1.79 bits per heavy atom. The molecule has 0 saturated carbocycles. The molecule has 0 N–H and O–H groups in total. The second-order valence-corrected chi connectivity index (χ2v) is 2.64. The molecule has 1 heteroatoms. The molecule has 0 aromatic heterocycles. The monoisotopic (exact) mass is 192 g/mol. The molecule has 0 aliphatic carbocycles. The fourth-order valence-electron chi connectivity index (χ4n) is 1.18. The summed E-state index contributed by atoms with van der Waals surface area (Å²) in [7, 11) is 1.70. The lowest BCUT2D eigenvalue weighted by molar-refractivity contribution is 0.360. The third kappa shape index (κ3) is 3.25. The number of ether oxygens (including phenoxy) is 1. The van der Waals surface area contributed by atoms with Crippen LogP contribution in [0.5, 0.6) is 0 Å². The number of hydrogen-bond donors (Lipinski definition) is 0. The second kappa shape index (κ2) is 7.19. The van der Waals surface area contributed by atoms with Gasteiger partial charge in [0.25, 0.3) is 0 Å². The fourth-order valence-corrected chi connectivity index (χ4v) is 1.18. The van der Waals surface area contributed by atoms with Gasteiger partial charge in [-0.1, -0.05) is 44.2 Å². The van der Waals surface area contributed by atoms with E-state index in [1.165, 1.54) is 10.4 Å². The summed E-state index contributed by atoms with van der Waals surface area (Å²) in [6.07, 6.45) is 2.08. The van der Waals surface area contributed by atoms with E-state index in [0.29, 0.717) is 0 Å². The maximum atomic E-state index is 5.18. The van der Waals surface area contributed by atoms with Crippen LogP contribution in [0.1, 0.15) is 27.7 Å². The van der Waals surface area contributed by atoms with Crippen molar-refractivity contribution in [3.8, 4) is 0 Å². The molecule has 0 fully saturated rings. The lowest BCUT2D eigenvalue weighted by atomic mass is 10.2. The molecule has 0 spiro atoms. The van der Waals surface area contributed by atoms with Crippen molar-refractivity contribution >= 4 is 11.8 Å². The first kappa shape index (κ1) is 12.8. The third-order valence-electron chi connectivity index (χ3n) is 1.96. The summed E-state index contributed by atoms with van der Waals surface area (Å²) in [5.41, 5.74) is 0. The summed E-state index contributed by atoms with van der Waals surface area (Å²) in [5, 5.41) is 2.39. The highest BCUT2D eigenvalue weighted by Crippen LogP contribution is 1.87. The van der Waals surface area contributed by atoms with Crippen LogP contribution in [0.2, 0.25) is 0 Å². The summed E-state index contributed by atoms with van der Waals surface area (Å²) in [4.78, 5) is 0. The van der Waals surface area contributed by atoms with Crippen molar-refractivity contribution in [2.75, 3.05) is 7.11 Å². The number of methoxy groups -OCH3 is 1. The molecule has 0 amide bonds. The first-order chi connectivity index (χ1) is 6.79. The highest BCUT2D eigenvalue weighted by Gasteiger charge is 1.88. The van der Waals surface area contributed by atoms with E-state index in [2.05, 4.69) is 18.2 Å². The van der Waals surface area contributed by atoms with Crippen LogP contribution in [0.3, 0.4) is 0 Å². The van der Waals surface area contributed by atoms with Crippen LogP contribution >= 0.6 is 0 Å². The predicted octanol–water partition coefficient (Wildman–Crippen LogP) is 2.29. The van der Waals surface area contributed by atoms with E-state index in [0.717, 1.165) is 5.76 Å². The van der Waals surface area contributed by atoms with E-state index in [4.69, 9.17) is 4.74 Å². The van der Waals surface area contributed by atoms with Crippen molar-refractivity contribution in [2.24, 2.45) is 0 Å². The smallest absolute Gasteiger partial charge is 0.100 e. The molecule has 0 unspecified atom stereocenters. The Kier molecular flexibility index (Phi) is 6.55. The molecular weight excluding hydrogens is 172 g/mol. The van der Waals surface area contributed by atoms with Gasteiger partial charge >= 0.3 is 0 Å². The Hall–Kier alpha value is -1.24. The Bertz CT molecular complexity index is 363. The molecule has 1 nitrogen and oxygen atoms in total. The molecule has 0 atom stereocenters. The zero-order valence-corrected chi connectivity index (χ0v) is 9.79. The van der Waals surface area contributed by atoms with E-state index >= 15 is 0 Å². The summed E-state index contributed by atoms with van der Waals surface area (Å²) in [6, 6.07) is 8.19. The zero-order chi connectivity index (χ0) is 11.0. The van der Waals surface area contributed by atoms with Gasteiger partial charge in [-0.25, -0.2) is 0 Å². The molecule has 0 aliphatic heterocycles. The Balaban J connectivity index is 0.000000791. The van der Waals surface area contributed by atoms with Gasteiger partial charge in [-0.05, 0) is 19.1 Å². The molecule has 78 valence electrons. The molecule has 0 radical (unpaired) electrons. The van der Waals surface area contributed by atoms with E-state index in [1.54, 1.807) is 7.11 Å². The van der Waals surface area contributed by atoms with Gasteiger partial charge < -0.3 is 4.74 Å². The van der Waals surface area contributed by atoms with Crippen LogP contribution in [-0.4, -0.2) is 7.11 Å². The van der Waals surface area contributed by atoms with Gasteiger partial charge in [0.2, 0.25) is 0 Å². The Morgan fingerprint density at radius 1 is 1.21 bits per heavy atom. The minimum Gasteiger partial charge on any atom is -0.501 e. The van der Waals surface area contributed by atoms with Crippen molar-refractivity contribution < 1.29 is 4.74 Å². The summed E-state index contributed by atoms with van der Waals surface area (Å²) >= 11 is 0. The molecular formula is C13H20O. The van der Waals surface area contributed by atoms with E-state index in [1.807, 2.05) is 39.8 Å². The van der Waals surface area contributed by atoms with Gasteiger partial charge in [0.1, 0.15) is 5.76 Å². The van der Waals surface area contributed by atoms with E-state index < -0.39 is 0 Å². The van der Waals surface area contributed by atoms with Crippen LogP contribution < -0.4 is 10.4 Å². The number of benzene rings is 1. The van der Waals surface area contributed by atoms with Crippen LogP contribution in [0.4, 0.5) is 0 Å². The lowest BCUT2D eigenvalue weighted by Crippen LogP contribution is -2.25. The number of rotatable bonds is 1. The minimum absolute atomic E-state index is 0.962. The molecule has 1 rings (SSSR count). The SMILES string of the molecule is C/C=c1/cccc/c1=C(/C)OC.CC. The van der Waals surface area contributed by atoms with Gasteiger partial charge in [0, 0.05) is 5.22 Å².